The molecule has 0 atom stereocenters. The van der Waals surface area contributed by atoms with Crippen LogP contribution in [0.25, 0.3) is 11.4 Å². The minimum absolute atomic E-state index is 0.0430. The van der Waals surface area contributed by atoms with Crippen LogP contribution in [0.3, 0.4) is 0 Å². The summed E-state index contributed by atoms with van der Waals surface area (Å²) in [6.07, 6.45) is 1.36. The Balaban J connectivity index is 1.79. The van der Waals surface area contributed by atoms with Gasteiger partial charge in [0.2, 0.25) is 0 Å². The molecule has 0 saturated carbocycles. The van der Waals surface area contributed by atoms with Gasteiger partial charge in [-0.1, -0.05) is 35.3 Å². The van der Waals surface area contributed by atoms with Gasteiger partial charge < -0.3 is 4.74 Å². The summed E-state index contributed by atoms with van der Waals surface area (Å²) in [6.45, 7) is 0.175. The third-order valence-electron chi connectivity index (χ3n) is 3.19. The summed E-state index contributed by atoms with van der Waals surface area (Å²) in [5.74, 6) is -0.482. The van der Waals surface area contributed by atoms with Crippen molar-refractivity contribution in [3.63, 3.8) is 0 Å². The van der Waals surface area contributed by atoms with Crippen LogP contribution in [-0.4, -0.2) is 9.97 Å². The van der Waals surface area contributed by atoms with Crippen LogP contribution in [-0.2, 0) is 6.61 Å². The van der Waals surface area contributed by atoms with Crippen LogP contribution < -0.4 is 4.74 Å². The molecular formula is C17H10Cl2F2N2O. The highest BCUT2D eigenvalue weighted by Crippen LogP contribution is 2.28. The highest BCUT2D eigenvalue weighted by molar-refractivity contribution is 6.31. The molecule has 0 aliphatic carbocycles. The summed E-state index contributed by atoms with van der Waals surface area (Å²) in [6, 6.07) is 9.95. The van der Waals surface area contributed by atoms with E-state index in [0.717, 1.165) is 5.56 Å². The smallest absolute Gasteiger partial charge is 0.175 e. The molecule has 0 saturated heterocycles. The quantitative estimate of drug-likeness (QED) is 0.587. The molecule has 3 aromatic rings. The Labute approximate surface area is 146 Å². The fourth-order valence-electron chi connectivity index (χ4n) is 1.99. The Bertz CT molecular complexity index is 873. The second-order valence-corrected chi connectivity index (χ2v) is 5.68. The number of hydrogen-bond donors (Lipinski definition) is 0. The van der Waals surface area contributed by atoms with Gasteiger partial charge in [0.1, 0.15) is 18.2 Å². The topological polar surface area (TPSA) is 35.0 Å². The maximum atomic E-state index is 13.8. The largest absolute Gasteiger partial charge is 0.484 e. The molecule has 1 aromatic heterocycles. The normalized spacial score (nSPS) is 10.7. The number of rotatable bonds is 4. The SMILES string of the molecule is Fc1ccc(COc2cnc(-c3cc(Cl)ccc3F)nc2Cl)cc1. The lowest BCUT2D eigenvalue weighted by Gasteiger charge is -2.09. The predicted molar refractivity (Wildman–Crippen MR) is 88.2 cm³/mol. The Morgan fingerprint density at radius 2 is 1.75 bits per heavy atom. The van der Waals surface area contributed by atoms with E-state index in [0.29, 0.717) is 5.02 Å². The van der Waals surface area contributed by atoms with E-state index in [-0.39, 0.29) is 34.7 Å². The average molecular weight is 367 g/mol. The molecule has 0 fully saturated rings. The third-order valence-corrected chi connectivity index (χ3v) is 3.69. The summed E-state index contributed by atoms with van der Waals surface area (Å²) in [7, 11) is 0. The number of hydrogen-bond acceptors (Lipinski definition) is 3. The number of benzene rings is 2. The van der Waals surface area contributed by atoms with Crippen molar-refractivity contribution >= 4 is 23.2 Å². The van der Waals surface area contributed by atoms with Crippen molar-refractivity contribution < 1.29 is 13.5 Å². The van der Waals surface area contributed by atoms with Crippen molar-refractivity contribution in [2.45, 2.75) is 6.61 Å². The van der Waals surface area contributed by atoms with E-state index in [1.54, 1.807) is 12.1 Å². The van der Waals surface area contributed by atoms with E-state index in [9.17, 15) is 8.78 Å². The summed E-state index contributed by atoms with van der Waals surface area (Å²) in [5.41, 5.74) is 0.909. The maximum Gasteiger partial charge on any atom is 0.175 e. The number of nitrogens with zero attached hydrogens (tertiary/aromatic N) is 2. The van der Waals surface area contributed by atoms with E-state index in [2.05, 4.69) is 9.97 Å². The lowest BCUT2D eigenvalue weighted by atomic mass is 10.2. The molecule has 0 N–H and O–H groups in total. The zero-order chi connectivity index (χ0) is 17.1. The fourth-order valence-corrected chi connectivity index (χ4v) is 2.34. The van der Waals surface area contributed by atoms with Crippen LogP contribution in [0, 0.1) is 11.6 Å². The van der Waals surface area contributed by atoms with Crippen molar-refractivity contribution in [1.29, 1.82) is 0 Å². The van der Waals surface area contributed by atoms with Gasteiger partial charge in [0, 0.05) is 5.02 Å². The molecule has 7 heteroatoms. The first-order chi connectivity index (χ1) is 11.5. The number of ether oxygens (including phenoxy) is 1. The number of halogens is 4. The van der Waals surface area contributed by atoms with Gasteiger partial charge >= 0.3 is 0 Å². The van der Waals surface area contributed by atoms with Crippen LogP contribution in [0.5, 0.6) is 5.75 Å². The van der Waals surface area contributed by atoms with Gasteiger partial charge in [-0.2, -0.15) is 0 Å². The van der Waals surface area contributed by atoms with Crippen molar-refractivity contribution in [1.82, 2.24) is 9.97 Å². The van der Waals surface area contributed by atoms with E-state index in [1.165, 1.54) is 36.5 Å². The summed E-state index contributed by atoms with van der Waals surface area (Å²) < 4.78 is 32.2. The van der Waals surface area contributed by atoms with Gasteiger partial charge in [0.05, 0.1) is 11.8 Å². The van der Waals surface area contributed by atoms with E-state index < -0.39 is 5.82 Å². The minimum Gasteiger partial charge on any atom is -0.484 e. The van der Waals surface area contributed by atoms with Crippen LogP contribution in [0.4, 0.5) is 8.78 Å². The second kappa shape index (κ2) is 7.11. The molecular weight excluding hydrogens is 357 g/mol. The predicted octanol–water partition coefficient (Wildman–Crippen LogP) is 5.31. The lowest BCUT2D eigenvalue weighted by molar-refractivity contribution is 0.303. The Morgan fingerprint density at radius 3 is 2.46 bits per heavy atom. The molecule has 0 amide bonds. The Morgan fingerprint density at radius 1 is 1.00 bits per heavy atom. The summed E-state index contributed by atoms with van der Waals surface area (Å²) in [4.78, 5) is 8.10. The molecule has 1 heterocycles. The van der Waals surface area contributed by atoms with Gasteiger partial charge in [-0.3, -0.25) is 0 Å². The zero-order valence-electron chi connectivity index (χ0n) is 12.1. The molecule has 0 spiro atoms. The lowest BCUT2D eigenvalue weighted by Crippen LogP contribution is -1.99. The van der Waals surface area contributed by atoms with Gasteiger partial charge in [-0.25, -0.2) is 18.7 Å². The van der Waals surface area contributed by atoms with Crippen LogP contribution in [0.2, 0.25) is 10.2 Å². The van der Waals surface area contributed by atoms with Crippen molar-refractivity contribution in [3.8, 4) is 17.1 Å². The molecule has 0 bridgehead atoms. The Hall–Kier alpha value is -2.24. The monoisotopic (exact) mass is 366 g/mol. The maximum absolute atomic E-state index is 13.8. The van der Waals surface area contributed by atoms with Gasteiger partial charge in [0.25, 0.3) is 0 Å². The Kier molecular flexibility index (Phi) is 4.92. The zero-order valence-corrected chi connectivity index (χ0v) is 13.7. The molecule has 0 radical (unpaired) electrons. The van der Waals surface area contributed by atoms with E-state index in [4.69, 9.17) is 27.9 Å². The summed E-state index contributed by atoms with van der Waals surface area (Å²) in [5, 5.41) is 0.407. The van der Waals surface area contributed by atoms with Gasteiger partial charge in [-0.15, -0.1) is 0 Å². The molecule has 0 unspecified atom stereocenters. The molecule has 122 valence electrons. The highest BCUT2D eigenvalue weighted by Gasteiger charge is 2.12. The summed E-state index contributed by atoms with van der Waals surface area (Å²) >= 11 is 11.9. The first-order valence-electron chi connectivity index (χ1n) is 6.88. The average Bonchev–Trinajstić information content (AvgIpc) is 2.57. The molecule has 2 aromatic carbocycles. The first kappa shape index (κ1) is 16.6. The van der Waals surface area contributed by atoms with Crippen LogP contribution in [0.15, 0.2) is 48.7 Å². The third kappa shape index (κ3) is 3.80. The fraction of sp³-hybridized carbons (Fsp3) is 0.0588. The second-order valence-electron chi connectivity index (χ2n) is 4.89. The van der Waals surface area contributed by atoms with E-state index in [1.807, 2.05) is 0 Å². The molecule has 3 nitrogen and oxygen atoms in total. The van der Waals surface area contributed by atoms with Crippen molar-refractivity contribution in [3.05, 3.63) is 76.0 Å². The van der Waals surface area contributed by atoms with Crippen LogP contribution >= 0.6 is 23.2 Å². The van der Waals surface area contributed by atoms with Gasteiger partial charge in [0.15, 0.2) is 16.7 Å². The minimum atomic E-state index is -0.504. The standard InChI is InChI=1S/C17H10Cl2F2N2O/c18-11-3-6-14(21)13(7-11)17-22-8-15(16(19)23-17)24-9-10-1-4-12(20)5-2-10/h1-8H,9H2. The molecule has 3 rings (SSSR count). The highest BCUT2D eigenvalue weighted by atomic mass is 35.5. The molecule has 0 aliphatic heterocycles. The van der Waals surface area contributed by atoms with Crippen LogP contribution in [0.1, 0.15) is 5.56 Å². The van der Waals surface area contributed by atoms with Crippen molar-refractivity contribution in [2.75, 3.05) is 0 Å². The molecule has 0 aliphatic rings. The number of aromatic nitrogens is 2. The van der Waals surface area contributed by atoms with Gasteiger partial charge in [-0.05, 0) is 35.9 Å². The van der Waals surface area contributed by atoms with Crippen molar-refractivity contribution in [2.24, 2.45) is 0 Å². The van der Waals surface area contributed by atoms with E-state index >= 15 is 0 Å². The first-order valence-corrected chi connectivity index (χ1v) is 7.64. The molecule has 24 heavy (non-hydrogen) atoms.